The standard InChI is InChI=1S/C17H17N5O2S2/c1-3-11-9(2)18-17-22(16(11)24)7-10(8-25-17)15(23)19-12-5-4-6-13-14(12)21-26-20-13/h4-6,10H,3,7-8H2,1-2H3,(H,19,23). The van der Waals surface area contributed by atoms with Crippen molar-refractivity contribution in [2.75, 3.05) is 11.1 Å². The van der Waals surface area contributed by atoms with Crippen molar-refractivity contribution in [1.29, 1.82) is 0 Å². The molecule has 1 aromatic carbocycles. The summed E-state index contributed by atoms with van der Waals surface area (Å²) in [7, 11) is 0. The van der Waals surface area contributed by atoms with E-state index in [1.54, 1.807) is 4.57 Å². The molecular formula is C17H17N5O2S2. The van der Waals surface area contributed by atoms with Gasteiger partial charge in [0.25, 0.3) is 5.56 Å². The van der Waals surface area contributed by atoms with E-state index in [1.165, 1.54) is 11.8 Å². The number of nitrogens with one attached hydrogen (secondary N) is 1. The number of amides is 1. The van der Waals surface area contributed by atoms with Crippen LogP contribution in [0.15, 0.2) is 28.2 Å². The molecule has 0 fully saturated rings. The van der Waals surface area contributed by atoms with Gasteiger partial charge in [-0.25, -0.2) is 4.98 Å². The van der Waals surface area contributed by atoms with E-state index in [1.807, 2.05) is 32.0 Å². The van der Waals surface area contributed by atoms with Gasteiger partial charge in [-0.1, -0.05) is 24.8 Å². The highest BCUT2D eigenvalue weighted by molar-refractivity contribution is 7.99. The predicted molar refractivity (Wildman–Crippen MR) is 103 cm³/mol. The molecule has 7 nitrogen and oxygen atoms in total. The van der Waals surface area contributed by atoms with Crippen molar-refractivity contribution >= 4 is 46.1 Å². The number of fused-ring (bicyclic) bond motifs is 2. The van der Waals surface area contributed by atoms with E-state index in [-0.39, 0.29) is 17.4 Å². The second-order valence-corrected chi connectivity index (χ2v) is 7.68. The van der Waals surface area contributed by atoms with Crippen molar-refractivity contribution in [2.24, 2.45) is 5.92 Å². The van der Waals surface area contributed by atoms with Crippen LogP contribution in [0.2, 0.25) is 0 Å². The molecule has 0 radical (unpaired) electrons. The molecule has 1 amide bonds. The second-order valence-electron chi connectivity index (χ2n) is 6.16. The SMILES string of the molecule is CCc1c(C)nc2n(c1=O)CC(C(=O)Nc1cccc3nsnc13)CS2. The highest BCUT2D eigenvalue weighted by atomic mass is 32.2. The average Bonchev–Trinajstić information content (AvgIpc) is 3.11. The van der Waals surface area contributed by atoms with Crippen LogP contribution in [0, 0.1) is 12.8 Å². The maximum atomic E-state index is 12.8. The number of anilines is 1. The minimum atomic E-state index is -0.304. The Balaban J connectivity index is 1.60. The molecule has 0 spiro atoms. The number of carbonyl (C=O) groups excluding carboxylic acids is 1. The van der Waals surface area contributed by atoms with Gasteiger partial charge in [-0.3, -0.25) is 14.2 Å². The predicted octanol–water partition coefficient (Wildman–Crippen LogP) is 2.48. The van der Waals surface area contributed by atoms with Gasteiger partial charge in [0.1, 0.15) is 11.0 Å². The molecule has 3 heterocycles. The van der Waals surface area contributed by atoms with Gasteiger partial charge in [-0.15, -0.1) is 0 Å². The van der Waals surface area contributed by atoms with E-state index in [0.717, 1.165) is 22.9 Å². The topological polar surface area (TPSA) is 89.8 Å². The molecule has 2 aromatic heterocycles. The zero-order valence-electron chi connectivity index (χ0n) is 14.4. The largest absolute Gasteiger partial charge is 0.324 e. The maximum Gasteiger partial charge on any atom is 0.257 e. The van der Waals surface area contributed by atoms with Crippen LogP contribution in [0.3, 0.4) is 0 Å². The zero-order valence-corrected chi connectivity index (χ0v) is 16.0. The van der Waals surface area contributed by atoms with Crippen LogP contribution in [-0.4, -0.2) is 30.0 Å². The van der Waals surface area contributed by atoms with Crippen LogP contribution in [0.1, 0.15) is 18.2 Å². The highest BCUT2D eigenvalue weighted by Gasteiger charge is 2.28. The normalized spacial score (nSPS) is 16.5. The number of rotatable bonds is 3. The number of carbonyl (C=O) groups is 1. The number of thioether (sulfide) groups is 1. The summed E-state index contributed by atoms with van der Waals surface area (Å²) in [6.07, 6.45) is 0.637. The van der Waals surface area contributed by atoms with Gasteiger partial charge in [0, 0.05) is 23.6 Å². The lowest BCUT2D eigenvalue weighted by molar-refractivity contribution is -0.119. The molecule has 0 saturated carbocycles. The van der Waals surface area contributed by atoms with Crippen LogP contribution in [-0.2, 0) is 17.8 Å². The molecule has 4 rings (SSSR count). The first kappa shape index (κ1) is 17.2. The molecule has 0 bridgehead atoms. The summed E-state index contributed by atoms with van der Waals surface area (Å²) >= 11 is 2.57. The summed E-state index contributed by atoms with van der Waals surface area (Å²) in [5, 5.41) is 3.64. The summed E-state index contributed by atoms with van der Waals surface area (Å²) in [4.78, 5) is 30.0. The molecule has 0 aliphatic carbocycles. The van der Waals surface area contributed by atoms with Gasteiger partial charge in [-0.05, 0) is 25.5 Å². The van der Waals surface area contributed by atoms with Crippen molar-refractivity contribution in [1.82, 2.24) is 18.3 Å². The van der Waals surface area contributed by atoms with Crippen LogP contribution in [0.4, 0.5) is 5.69 Å². The summed E-state index contributed by atoms with van der Waals surface area (Å²) in [5.41, 5.74) is 3.57. The second kappa shape index (κ2) is 6.81. The molecule has 0 saturated heterocycles. The van der Waals surface area contributed by atoms with Crippen LogP contribution >= 0.6 is 23.5 Å². The number of benzene rings is 1. The third-order valence-corrected chi connectivity index (χ3v) is 6.20. The van der Waals surface area contributed by atoms with E-state index < -0.39 is 0 Å². The van der Waals surface area contributed by atoms with Crippen molar-refractivity contribution < 1.29 is 4.79 Å². The summed E-state index contributed by atoms with van der Waals surface area (Å²) < 4.78 is 10.1. The molecule has 1 aliphatic rings. The van der Waals surface area contributed by atoms with E-state index in [4.69, 9.17) is 0 Å². The number of aromatic nitrogens is 4. The van der Waals surface area contributed by atoms with Gasteiger partial charge in [-0.2, -0.15) is 8.75 Å². The fraction of sp³-hybridized carbons (Fsp3) is 0.353. The Hall–Kier alpha value is -2.26. The van der Waals surface area contributed by atoms with Crippen LogP contribution < -0.4 is 10.9 Å². The van der Waals surface area contributed by atoms with E-state index >= 15 is 0 Å². The maximum absolute atomic E-state index is 12.8. The van der Waals surface area contributed by atoms with Gasteiger partial charge >= 0.3 is 0 Å². The highest BCUT2D eigenvalue weighted by Crippen LogP contribution is 2.28. The van der Waals surface area contributed by atoms with Crippen LogP contribution in [0.25, 0.3) is 11.0 Å². The molecule has 1 aliphatic heterocycles. The third kappa shape index (κ3) is 2.90. The minimum Gasteiger partial charge on any atom is -0.324 e. The first-order valence-corrected chi connectivity index (χ1v) is 10.0. The molecular weight excluding hydrogens is 370 g/mol. The molecule has 26 heavy (non-hydrogen) atoms. The van der Waals surface area contributed by atoms with Crippen LogP contribution in [0.5, 0.6) is 0 Å². The first-order chi connectivity index (χ1) is 12.6. The number of aryl methyl sites for hydroxylation is 1. The number of hydrogen-bond acceptors (Lipinski definition) is 7. The summed E-state index contributed by atoms with van der Waals surface area (Å²) in [5.74, 6) is 0.171. The Labute approximate surface area is 158 Å². The quantitative estimate of drug-likeness (QED) is 0.695. The Bertz CT molecular complexity index is 1060. The zero-order chi connectivity index (χ0) is 18.3. The number of hydrogen-bond donors (Lipinski definition) is 1. The van der Waals surface area contributed by atoms with E-state index in [0.29, 0.717) is 40.6 Å². The Kier molecular flexibility index (Phi) is 4.49. The fourth-order valence-corrected chi connectivity index (χ4v) is 4.77. The minimum absolute atomic E-state index is 0.0363. The Morgan fingerprint density at radius 3 is 3.04 bits per heavy atom. The summed E-state index contributed by atoms with van der Waals surface area (Å²) in [6.45, 7) is 4.16. The average molecular weight is 387 g/mol. The smallest absolute Gasteiger partial charge is 0.257 e. The van der Waals surface area contributed by atoms with E-state index in [2.05, 4.69) is 19.0 Å². The molecule has 3 aromatic rings. The Morgan fingerprint density at radius 2 is 2.23 bits per heavy atom. The van der Waals surface area contributed by atoms with Crippen molar-refractivity contribution in [3.05, 3.63) is 39.8 Å². The third-order valence-electron chi connectivity index (χ3n) is 4.52. The number of nitrogens with zero attached hydrogens (tertiary/aromatic N) is 4. The molecule has 1 unspecified atom stereocenters. The lowest BCUT2D eigenvalue weighted by Gasteiger charge is -2.25. The van der Waals surface area contributed by atoms with E-state index in [9.17, 15) is 9.59 Å². The Morgan fingerprint density at radius 1 is 1.38 bits per heavy atom. The first-order valence-electron chi connectivity index (χ1n) is 8.33. The summed E-state index contributed by atoms with van der Waals surface area (Å²) in [6, 6.07) is 5.52. The lowest BCUT2D eigenvalue weighted by Crippen LogP contribution is -2.38. The van der Waals surface area contributed by atoms with Crippen molar-refractivity contribution in [3.8, 4) is 0 Å². The van der Waals surface area contributed by atoms with Gasteiger partial charge < -0.3 is 5.32 Å². The molecule has 134 valence electrons. The fourth-order valence-electron chi connectivity index (χ4n) is 3.10. The van der Waals surface area contributed by atoms with Gasteiger partial charge in [0.15, 0.2) is 5.16 Å². The van der Waals surface area contributed by atoms with Crippen molar-refractivity contribution in [2.45, 2.75) is 32.0 Å². The monoisotopic (exact) mass is 387 g/mol. The van der Waals surface area contributed by atoms with Gasteiger partial charge in [0.05, 0.1) is 23.3 Å². The lowest BCUT2D eigenvalue weighted by atomic mass is 10.1. The van der Waals surface area contributed by atoms with Gasteiger partial charge in [0.2, 0.25) is 5.91 Å². The molecule has 1 N–H and O–H groups in total. The van der Waals surface area contributed by atoms with Crippen molar-refractivity contribution in [3.63, 3.8) is 0 Å². The molecule has 9 heteroatoms. The molecule has 1 atom stereocenters.